The third kappa shape index (κ3) is 3.08. The maximum absolute atomic E-state index is 5.35. The van der Waals surface area contributed by atoms with Gasteiger partial charge in [0.05, 0.1) is 18.9 Å². The lowest BCUT2D eigenvalue weighted by Crippen LogP contribution is -2.01. The molecular weight excluding hydrogens is 238 g/mol. The minimum atomic E-state index is -0.199. The van der Waals surface area contributed by atoms with E-state index >= 15 is 0 Å². The van der Waals surface area contributed by atoms with Crippen LogP contribution in [-0.4, -0.2) is 24.5 Å². The van der Waals surface area contributed by atoms with Crippen LogP contribution in [0.2, 0.25) is 0 Å². The molecule has 1 saturated heterocycles. The van der Waals surface area contributed by atoms with Crippen LogP contribution in [0, 0.1) is 0 Å². The minimum absolute atomic E-state index is 0.199. The van der Waals surface area contributed by atoms with Crippen LogP contribution in [0.3, 0.4) is 0 Å². The summed E-state index contributed by atoms with van der Waals surface area (Å²) in [5, 5.41) is 0. The predicted molar refractivity (Wildman–Crippen MR) is 74.4 cm³/mol. The van der Waals surface area contributed by atoms with E-state index in [1.807, 2.05) is 30.4 Å². The van der Waals surface area contributed by atoms with Gasteiger partial charge in [0, 0.05) is 11.8 Å². The second-order valence-electron chi connectivity index (χ2n) is 4.31. The average molecular weight is 253 g/mol. The zero-order valence-electron chi connectivity index (χ0n) is 10.5. The van der Waals surface area contributed by atoms with E-state index in [2.05, 4.69) is 29.2 Å². The van der Waals surface area contributed by atoms with E-state index in [-0.39, 0.29) is 6.29 Å². The molecule has 1 aromatic heterocycles. The molecule has 3 nitrogen and oxygen atoms in total. The van der Waals surface area contributed by atoms with Gasteiger partial charge in [0.2, 0.25) is 0 Å². The maximum atomic E-state index is 5.35. The minimum Gasteiger partial charge on any atom is -0.347 e. The first kappa shape index (κ1) is 12.1. The second-order valence-corrected chi connectivity index (χ2v) is 4.31. The Kier molecular flexibility index (Phi) is 3.68. The molecule has 0 saturated carbocycles. The number of hydrogen-bond acceptors (Lipinski definition) is 3. The summed E-state index contributed by atoms with van der Waals surface area (Å²) in [7, 11) is 0. The number of benzene rings is 1. The summed E-state index contributed by atoms with van der Waals surface area (Å²) in [4.78, 5) is 4.33. The zero-order chi connectivity index (χ0) is 12.9. The van der Waals surface area contributed by atoms with Crippen LogP contribution in [0.15, 0.2) is 54.7 Å². The summed E-state index contributed by atoms with van der Waals surface area (Å²) in [5.41, 5.74) is 3.23. The van der Waals surface area contributed by atoms with Crippen molar-refractivity contribution in [3.8, 4) is 11.3 Å². The Hall–Kier alpha value is -1.97. The van der Waals surface area contributed by atoms with Crippen molar-refractivity contribution in [3.05, 3.63) is 60.3 Å². The highest BCUT2D eigenvalue weighted by Crippen LogP contribution is 2.17. The molecular formula is C16H15NO2. The fourth-order valence-corrected chi connectivity index (χ4v) is 1.98. The van der Waals surface area contributed by atoms with Gasteiger partial charge >= 0.3 is 0 Å². The van der Waals surface area contributed by atoms with Gasteiger partial charge in [-0.2, -0.15) is 0 Å². The number of hydrogen-bond donors (Lipinski definition) is 0. The number of aromatic nitrogens is 1. The van der Waals surface area contributed by atoms with Gasteiger partial charge in [-0.15, -0.1) is 0 Å². The number of ether oxygens (including phenoxy) is 2. The molecule has 1 fully saturated rings. The summed E-state index contributed by atoms with van der Waals surface area (Å²) < 4.78 is 10.7. The van der Waals surface area contributed by atoms with Crippen molar-refractivity contribution in [1.82, 2.24) is 4.98 Å². The molecule has 2 heterocycles. The topological polar surface area (TPSA) is 31.4 Å². The van der Waals surface area contributed by atoms with Gasteiger partial charge in [0.1, 0.15) is 0 Å². The van der Waals surface area contributed by atoms with Crippen molar-refractivity contribution in [2.45, 2.75) is 6.29 Å². The highest BCUT2D eigenvalue weighted by atomic mass is 16.7. The number of pyridine rings is 1. The Balaban J connectivity index is 1.72. The Bertz CT molecular complexity index is 543. The molecule has 1 aliphatic rings. The molecule has 0 N–H and O–H groups in total. The van der Waals surface area contributed by atoms with Crippen LogP contribution >= 0.6 is 0 Å². The first-order valence-corrected chi connectivity index (χ1v) is 6.35. The maximum Gasteiger partial charge on any atom is 0.177 e. The molecule has 3 rings (SSSR count). The Morgan fingerprint density at radius 3 is 2.47 bits per heavy atom. The van der Waals surface area contributed by atoms with Crippen molar-refractivity contribution in [2.24, 2.45) is 0 Å². The second kappa shape index (κ2) is 5.78. The van der Waals surface area contributed by atoms with Crippen molar-refractivity contribution in [1.29, 1.82) is 0 Å². The van der Waals surface area contributed by atoms with Gasteiger partial charge in [0.25, 0.3) is 0 Å². The molecule has 0 spiro atoms. The van der Waals surface area contributed by atoms with Crippen molar-refractivity contribution < 1.29 is 9.47 Å². The Morgan fingerprint density at radius 1 is 1.00 bits per heavy atom. The summed E-state index contributed by atoms with van der Waals surface area (Å²) in [5.74, 6) is 0. The van der Waals surface area contributed by atoms with Crippen LogP contribution in [-0.2, 0) is 9.47 Å². The van der Waals surface area contributed by atoms with Crippen LogP contribution in [0.1, 0.15) is 5.56 Å². The molecule has 0 radical (unpaired) electrons. The molecule has 0 bridgehead atoms. The lowest BCUT2D eigenvalue weighted by molar-refractivity contribution is -0.000907. The average Bonchev–Trinajstić information content (AvgIpc) is 3.00. The SMILES string of the molecule is C(=CC1OCCO1)c1ccc(-c2ccccn2)cc1. The third-order valence-electron chi connectivity index (χ3n) is 2.96. The quantitative estimate of drug-likeness (QED) is 0.842. The largest absolute Gasteiger partial charge is 0.347 e. The van der Waals surface area contributed by atoms with Crippen molar-refractivity contribution in [2.75, 3.05) is 13.2 Å². The molecule has 0 atom stereocenters. The van der Waals surface area contributed by atoms with Gasteiger partial charge < -0.3 is 9.47 Å². The molecule has 0 amide bonds. The molecule has 1 aliphatic heterocycles. The first-order valence-electron chi connectivity index (χ1n) is 6.35. The van der Waals surface area contributed by atoms with E-state index in [4.69, 9.17) is 9.47 Å². The lowest BCUT2D eigenvalue weighted by atomic mass is 10.1. The van der Waals surface area contributed by atoms with Gasteiger partial charge in [-0.05, 0) is 23.8 Å². The van der Waals surface area contributed by atoms with E-state index in [9.17, 15) is 0 Å². The molecule has 1 aromatic carbocycles. The summed E-state index contributed by atoms with van der Waals surface area (Å²) >= 11 is 0. The fraction of sp³-hybridized carbons (Fsp3) is 0.188. The van der Waals surface area contributed by atoms with Crippen LogP contribution in [0.25, 0.3) is 17.3 Å². The molecule has 0 unspecified atom stereocenters. The first-order chi connectivity index (χ1) is 9.42. The van der Waals surface area contributed by atoms with E-state index < -0.39 is 0 Å². The summed E-state index contributed by atoms with van der Waals surface area (Å²) in [6.07, 6.45) is 5.55. The van der Waals surface area contributed by atoms with Crippen LogP contribution in [0.5, 0.6) is 0 Å². The molecule has 3 heteroatoms. The lowest BCUT2D eigenvalue weighted by Gasteiger charge is -2.03. The van der Waals surface area contributed by atoms with E-state index in [1.54, 1.807) is 6.20 Å². The highest BCUT2D eigenvalue weighted by molar-refractivity contribution is 5.62. The predicted octanol–water partition coefficient (Wildman–Crippen LogP) is 3.13. The molecule has 19 heavy (non-hydrogen) atoms. The van der Waals surface area contributed by atoms with Crippen molar-refractivity contribution in [3.63, 3.8) is 0 Å². The van der Waals surface area contributed by atoms with Gasteiger partial charge in [0.15, 0.2) is 6.29 Å². The van der Waals surface area contributed by atoms with E-state index in [1.165, 1.54) is 0 Å². The monoisotopic (exact) mass is 253 g/mol. The molecule has 96 valence electrons. The zero-order valence-corrected chi connectivity index (χ0v) is 10.5. The molecule has 2 aromatic rings. The van der Waals surface area contributed by atoms with Crippen LogP contribution < -0.4 is 0 Å². The third-order valence-corrected chi connectivity index (χ3v) is 2.96. The van der Waals surface area contributed by atoms with E-state index in [0.29, 0.717) is 13.2 Å². The normalized spacial score (nSPS) is 16.2. The van der Waals surface area contributed by atoms with Gasteiger partial charge in [-0.25, -0.2) is 0 Å². The van der Waals surface area contributed by atoms with Crippen LogP contribution in [0.4, 0.5) is 0 Å². The number of rotatable bonds is 3. The van der Waals surface area contributed by atoms with Gasteiger partial charge in [-0.1, -0.05) is 36.4 Å². The number of nitrogens with zero attached hydrogens (tertiary/aromatic N) is 1. The Morgan fingerprint density at radius 2 is 1.79 bits per heavy atom. The smallest absolute Gasteiger partial charge is 0.177 e. The van der Waals surface area contributed by atoms with Crippen molar-refractivity contribution >= 4 is 6.08 Å². The molecule has 0 aliphatic carbocycles. The van der Waals surface area contributed by atoms with Gasteiger partial charge in [-0.3, -0.25) is 4.98 Å². The highest BCUT2D eigenvalue weighted by Gasteiger charge is 2.11. The Labute approximate surface area is 112 Å². The fourth-order valence-electron chi connectivity index (χ4n) is 1.98. The standard InChI is InChI=1S/C16H15NO2/c1-2-10-17-15(3-1)14-7-4-13(5-8-14)6-9-16-18-11-12-19-16/h1-10,16H,11-12H2. The van der Waals surface area contributed by atoms with E-state index in [0.717, 1.165) is 16.8 Å². The summed E-state index contributed by atoms with van der Waals surface area (Å²) in [6.45, 7) is 1.35. The summed E-state index contributed by atoms with van der Waals surface area (Å²) in [6, 6.07) is 14.2.